The lowest BCUT2D eigenvalue weighted by atomic mass is 9.99. The first-order chi connectivity index (χ1) is 10.6. The molecular weight excluding hydrogens is 300 g/mol. The minimum atomic E-state index is -0.425. The number of rotatable bonds is 3. The van der Waals surface area contributed by atoms with Gasteiger partial charge < -0.3 is 9.15 Å². The third kappa shape index (κ3) is 2.55. The summed E-state index contributed by atoms with van der Waals surface area (Å²) < 4.78 is 10.5. The summed E-state index contributed by atoms with van der Waals surface area (Å²) in [5.74, 6) is -0.203. The molecule has 112 valence electrons. The van der Waals surface area contributed by atoms with Gasteiger partial charge in [-0.25, -0.2) is 0 Å². The van der Waals surface area contributed by atoms with Crippen LogP contribution in [0, 0.1) is 0 Å². The zero-order chi connectivity index (χ0) is 15.7. The minimum Gasteiger partial charge on any atom is -0.469 e. The number of carbonyl (C=O) groups excluding carboxylic acids is 1. The van der Waals surface area contributed by atoms with Crippen molar-refractivity contribution in [3.8, 4) is 10.6 Å². The Kier molecular flexibility index (Phi) is 3.81. The Labute approximate surface area is 131 Å². The lowest BCUT2D eigenvalue weighted by molar-refractivity contribution is -0.141. The number of hydrogen-bond acceptors (Lipinski definition) is 5. The summed E-state index contributed by atoms with van der Waals surface area (Å²) in [6.45, 7) is 1.74. The summed E-state index contributed by atoms with van der Waals surface area (Å²) in [6, 6.07) is 10.5. The predicted octanol–water partition coefficient (Wildman–Crippen LogP) is 3.80. The fourth-order valence-electron chi connectivity index (χ4n) is 2.30. The summed E-state index contributed by atoms with van der Waals surface area (Å²) in [4.78, 5) is 24.9. The number of esters is 1. The van der Waals surface area contributed by atoms with E-state index in [4.69, 9.17) is 9.15 Å². The standard InChI is InChI=1S/C17H14O4S/c1-10(17(19)20-2)11-5-6-14-12(8-11)13(18)9-15(21-14)16-4-3-7-22-16/h3-10H,1-2H3. The van der Waals surface area contributed by atoms with Crippen LogP contribution in [0.1, 0.15) is 18.4 Å². The molecule has 3 rings (SSSR count). The summed E-state index contributed by atoms with van der Waals surface area (Å²) in [5, 5.41) is 2.40. The van der Waals surface area contributed by atoms with Gasteiger partial charge in [-0.15, -0.1) is 11.3 Å². The van der Waals surface area contributed by atoms with Gasteiger partial charge in [-0.1, -0.05) is 12.1 Å². The second kappa shape index (κ2) is 5.77. The first-order valence-corrected chi connectivity index (χ1v) is 7.67. The Morgan fingerprint density at radius 3 is 2.77 bits per heavy atom. The van der Waals surface area contributed by atoms with E-state index in [2.05, 4.69) is 0 Å². The van der Waals surface area contributed by atoms with Gasteiger partial charge in [0.25, 0.3) is 0 Å². The molecule has 0 aliphatic carbocycles. The number of hydrogen-bond donors (Lipinski definition) is 0. The normalized spacial score (nSPS) is 12.3. The monoisotopic (exact) mass is 314 g/mol. The maximum Gasteiger partial charge on any atom is 0.312 e. The van der Waals surface area contributed by atoms with Crippen molar-refractivity contribution in [2.24, 2.45) is 0 Å². The van der Waals surface area contributed by atoms with E-state index in [1.54, 1.807) is 25.1 Å². The average molecular weight is 314 g/mol. The molecule has 5 heteroatoms. The number of carbonyl (C=O) groups is 1. The quantitative estimate of drug-likeness (QED) is 0.690. The van der Waals surface area contributed by atoms with Gasteiger partial charge in [0.1, 0.15) is 11.3 Å². The van der Waals surface area contributed by atoms with Crippen LogP contribution in [0.4, 0.5) is 0 Å². The third-order valence-electron chi connectivity index (χ3n) is 3.57. The summed E-state index contributed by atoms with van der Waals surface area (Å²) in [7, 11) is 1.35. The molecule has 0 amide bonds. The first kappa shape index (κ1) is 14.5. The fourth-order valence-corrected chi connectivity index (χ4v) is 2.97. The Morgan fingerprint density at radius 1 is 1.27 bits per heavy atom. The van der Waals surface area contributed by atoms with Crippen molar-refractivity contribution < 1.29 is 13.9 Å². The van der Waals surface area contributed by atoms with Gasteiger partial charge in [0.05, 0.1) is 23.3 Å². The van der Waals surface area contributed by atoms with Gasteiger partial charge in [0, 0.05) is 6.07 Å². The van der Waals surface area contributed by atoms with Crippen molar-refractivity contribution in [3.63, 3.8) is 0 Å². The summed E-state index contributed by atoms with van der Waals surface area (Å²) >= 11 is 1.51. The molecule has 0 aliphatic rings. The second-order valence-corrected chi connectivity index (χ2v) is 5.90. The molecule has 0 fully saturated rings. The van der Waals surface area contributed by atoms with E-state index in [1.165, 1.54) is 24.5 Å². The number of methoxy groups -OCH3 is 1. The maximum atomic E-state index is 12.3. The molecule has 4 nitrogen and oxygen atoms in total. The Morgan fingerprint density at radius 2 is 2.09 bits per heavy atom. The molecular formula is C17H14O4S. The molecule has 0 saturated carbocycles. The summed E-state index contributed by atoms with van der Waals surface area (Å²) in [5.41, 5.74) is 1.12. The minimum absolute atomic E-state index is 0.122. The highest BCUT2D eigenvalue weighted by atomic mass is 32.1. The van der Waals surface area contributed by atoms with Crippen molar-refractivity contribution in [2.75, 3.05) is 7.11 Å². The molecule has 3 aromatic rings. The van der Waals surface area contributed by atoms with Crippen LogP contribution in [0.15, 0.2) is 51.0 Å². The van der Waals surface area contributed by atoms with Gasteiger partial charge in [0.15, 0.2) is 5.43 Å². The largest absolute Gasteiger partial charge is 0.469 e. The lowest BCUT2D eigenvalue weighted by Crippen LogP contribution is -2.11. The highest BCUT2D eigenvalue weighted by Gasteiger charge is 2.17. The van der Waals surface area contributed by atoms with Gasteiger partial charge in [-0.2, -0.15) is 0 Å². The molecule has 0 aliphatic heterocycles. The number of benzene rings is 1. The van der Waals surface area contributed by atoms with Crippen molar-refractivity contribution in [1.29, 1.82) is 0 Å². The molecule has 0 spiro atoms. The van der Waals surface area contributed by atoms with E-state index >= 15 is 0 Å². The van der Waals surface area contributed by atoms with Crippen molar-refractivity contribution in [1.82, 2.24) is 0 Å². The van der Waals surface area contributed by atoms with Crippen LogP contribution in [0.25, 0.3) is 21.6 Å². The topological polar surface area (TPSA) is 56.5 Å². The van der Waals surface area contributed by atoms with Crippen LogP contribution in [0.2, 0.25) is 0 Å². The Bertz CT molecular complexity index is 877. The van der Waals surface area contributed by atoms with Crippen molar-refractivity contribution in [2.45, 2.75) is 12.8 Å². The lowest BCUT2D eigenvalue weighted by Gasteiger charge is -2.10. The SMILES string of the molecule is COC(=O)C(C)c1ccc2oc(-c3cccs3)cc(=O)c2c1. The van der Waals surface area contributed by atoms with Gasteiger partial charge in [0.2, 0.25) is 0 Å². The second-order valence-electron chi connectivity index (χ2n) is 4.95. The van der Waals surface area contributed by atoms with Gasteiger partial charge in [-0.3, -0.25) is 9.59 Å². The molecule has 1 aromatic carbocycles. The van der Waals surface area contributed by atoms with E-state index in [0.29, 0.717) is 16.7 Å². The molecule has 0 bridgehead atoms. The third-order valence-corrected chi connectivity index (χ3v) is 4.45. The van der Waals surface area contributed by atoms with E-state index in [1.807, 2.05) is 17.5 Å². The first-order valence-electron chi connectivity index (χ1n) is 6.79. The molecule has 2 heterocycles. The highest BCUT2D eigenvalue weighted by Crippen LogP contribution is 2.27. The van der Waals surface area contributed by atoms with Crippen LogP contribution in [-0.4, -0.2) is 13.1 Å². The Balaban J connectivity index is 2.11. The van der Waals surface area contributed by atoms with Crippen LogP contribution in [-0.2, 0) is 9.53 Å². The molecule has 1 unspecified atom stereocenters. The zero-order valence-corrected chi connectivity index (χ0v) is 13.0. The molecule has 0 saturated heterocycles. The van der Waals surface area contributed by atoms with Gasteiger partial charge in [-0.05, 0) is 36.1 Å². The van der Waals surface area contributed by atoms with Crippen molar-refractivity contribution in [3.05, 3.63) is 57.6 Å². The fraction of sp³-hybridized carbons (Fsp3) is 0.176. The van der Waals surface area contributed by atoms with Crippen LogP contribution >= 0.6 is 11.3 Å². The zero-order valence-electron chi connectivity index (χ0n) is 12.2. The van der Waals surface area contributed by atoms with Crippen LogP contribution < -0.4 is 5.43 Å². The number of fused-ring (bicyclic) bond motifs is 1. The number of thiophene rings is 1. The van der Waals surface area contributed by atoms with E-state index < -0.39 is 5.92 Å². The Hall–Kier alpha value is -2.40. The predicted molar refractivity (Wildman–Crippen MR) is 86.2 cm³/mol. The van der Waals surface area contributed by atoms with E-state index in [-0.39, 0.29) is 11.4 Å². The van der Waals surface area contributed by atoms with E-state index in [9.17, 15) is 9.59 Å². The van der Waals surface area contributed by atoms with E-state index in [0.717, 1.165) is 10.4 Å². The molecule has 22 heavy (non-hydrogen) atoms. The van der Waals surface area contributed by atoms with Crippen molar-refractivity contribution >= 4 is 28.3 Å². The molecule has 0 N–H and O–H groups in total. The van der Waals surface area contributed by atoms with Crippen LogP contribution in [0.5, 0.6) is 0 Å². The number of ether oxygens (including phenoxy) is 1. The smallest absolute Gasteiger partial charge is 0.312 e. The average Bonchev–Trinajstić information content (AvgIpc) is 3.07. The molecule has 1 atom stereocenters. The maximum absolute atomic E-state index is 12.3. The molecule has 0 radical (unpaired) electrons. The van der Waals surface area contributed by atoms with Gasteiger partial charge >= 0.3 is 5.97 Å². The highest BCUT2D eigenvalue weighted by molar-refractivity contribution is 7.13. The summed E-state index contributed by atoms with van der Waals surface area (Å²) in [6.07, 6.45) is 0. The molecule has 2 aromatic heterocycles. The van der Waals surface area contributed by atoms with Crippen LogP contribution in [0.3, 0.4) is 0 Å².